The molecule has 0 aromatic heterocycles. The monoisotopic (exact) mass is 192 g/mol. The number of rotatable bonds is 1. The van der Waals surface area contributed by atoms with Crippen molar-refractivity contribution < 1.29 is 14.6 Å². The second-order valence-electron chi connectivity index (χ2n) is 3.52. The minimum atomic E-state index is -0.421. The predicted molar refractivity (Wildman–Crippen MR) is 51.5 cm³/mol. The van der Waals surface area contributed by atoms with Crippen LogP contribution in [0.25, 0.3) is 0 Å². The Hall–Kier alpha value is -1.51. The van der Waals surface area contributed by atoms with Crippen LogP contribution in [-0.4, -0.2) is 18.2 Å². The number of carbonyl (C=O) groups is 1. The molecule has 0 heterocycles. The van der Waals surface area contributed by atoms with Gasteiger partial charge in [-0.15, -0.1) is 0 Å². The van der Waals surface area contributed by atoms with Crippen LogP contribution in [0.15, 0.2) is 35.6 Å². The number of carbonyl (C=O) groups excluding carboxylic acids is 1. The molecule has 0 saturated carbocycles. The fourth-order valence-electron chi connectivity index (χ4n) is 2.05. The first-order valence-corrected chi connectivity index (χ1v) is 4.59. The lowest BCUT2D eigenvalue weighted by molar-refractivity contribution is -0.136. The van der Waals surface area contributed by atoms with Gasteiger partial charge in [-0.25, -0.2) is 4.79 Å². The lowest BCUT2D eigenvalue weighted by Gasteiger charge is -2.16. The van der Waals surface area contributed by atoms with Gasteiger partial charge in [0.1, 0.15) is 5.76 Å². The molecule has 2 aliphatic rings. The number of methoxy groups -OCH3 is 1. The SMILES string of the molecule is COC(=O)C1=C(O)C[C@@H]2C=CC=C[C@H]12. The van der Waals surface area contributed by atoms with Gasteiger partial charge in [-0.1, -0.05) is 24.3 Å². The van der Waals surface area contributed by atoms with Crippen LogP contribution in [0.2, 0.25) is 0 Å². The van der Waals surface area contributed by atoms with Crippen LogP contribution in [0.5, 0.6) is 0 Å². The molecule has 0 aliphatic heterocycles. The van der Waals surface area contributed by atoms with Gasteiger partial charge in [-0.2, -0.15) is 0 Å². The summed E-state index contributed by atoms with van der Waals surface area (Å²) in [6, 6.07) is 0. The summed E-state index contributed by atoms with van der Waals surface area (Å²) in [5.74, 6) is -0.0421. The van der Waals surface area contributed by atoms with Crippen LogP contribution < -0.4 is 0 Å². The number of allylic oxidation sites excluding steroid dienone is 5. The van der Waals surface area contributed by atoms with Crippen LogP contribution >= 0.6 is 0 Å². The van der Waals surface area contributed by atoms with E-state index in [0.29, 0.717) is 12.0 Å². The molecule has 3 heteroatoms. The highest BCUT2D eigenvalue weighted by molar-refractivity contribution is 5.90. The van der Waals surface area contributed by atoms with Gasteiger partial charge in [-0.3, -0.25) is 0 Å². The van der Waals surface area contributed by atoms with Crippen molar-refractivity contribution in [2.75, 3.05) is 7.11 Å². The Morgan fingerprint density at radius 3 is 2.93 bits per heavy atom. The number of esters is 1. The lowest BCUT2D eigenvalue weighted by atomic mass is 9.87. The highest BCUT2D eigenvalue weighted by Crippen LogP contribution is 2.39. The minimum absolute atomic E-state index is 0.00699. The van der Waals surface area contributed by atoms with E-state index in [0.717, 1.165) is 0 Å². The van der Waals surface area contributed by atoms with Crippen LogP contribution in [0, 0.1) is 11.8 Å². The molecule has 0 aromatic rings. The summed E-state index contributed by atoms with van der Waals surface area (Å²) in [5, 5.41) is 9.63. The van der Waals surface area contributed by atoms with Crippen molar-refractivity contribution in [1.29, 1.82) is 0 Å². The molecule has 3 nitrogen and oxygen atoms in total. The number of aliphatic hydroxyl groups excluding tert-OH is 1. The first-order valence-electron chi connectivity index (χ1n) is 4.59. The highest BCUT2D eigenvalue weighted by atomic mass is 16.5. The Morgan fingerprint density at radius 1 is 1.50 bits per heavy atom. The molecule has 0 radical (unpaired) electrons. The zero-order valence-corrected chi connectivity index (χ0v) is 7.93. The van der Waals surface area contributed by atoms with E-state index in [1.807, 2.05) is 24.3 Å². The van der Waals surface area contributed by atoms with Crippen molar-refractivity contribution in [2.45, 2.75) is 6.42 Å². The van der Waals surface area contributed by atoms with Crippen molar-refractivity contribution in [3.05, 3.63) is 35.6 Å². The molecular formula is C11H12O3. The molecule has 0 unspecified atom stereocenters. The maximum absolute atomic E-state index is 11.4. The summed E-state index contributed by atoms with van der Waals surface area (Å²) in [6.45, 7) is 0. The Bertz CT molecular complexity index is 350. The Morgan fingerprint density at radius 2 is 2.21 bits per heavy atom. The number of ether oxygens (including phenoxy) is 1. The number of fused-ring (bicyclic) bond motifs is 1. The van der Waals surface area contributed by atoms with Gasteiger partial charge < -0.3 is 9.84 Å². The van der Waals surface area contributed by atoms with Gasteiger partial charge >= 0.3 is 5.97 Å². The Balaban J connectivity index is 2.31. The Labute approximate surface area is 82.4 Å². The number of aliphatic hydroxyl groups is 1. The zero-order valence-electron chi connectivity index (χ0n) is 7.93. The summed E-state index contributed by atoms with van der Waals surface area (Å²) in [6.07, 6.45) is 8.31. The molecule has 0 bridgehead atoms. The third-order valence-corrected chi connectivity index (χ3v) is 2.73. The van der Waals surface area contributed by atoms with Crippen molar-refractivity contribution in [2.24, 2.45) is 11.8 Å². The van der Waals surface area contributed by atoms with Crippen molar-refractivity contribution in [1.82, 2.24) is 0 Å². The summed E-state index contributed by atoms with van der Waals surface area (Å²) in [4.78, 5) is 11.4. The van der Waals surface area contributed by atoms with Crippen LogP contribution in [0.4, 0.5) is 0 Å². The second-order valence-corrected chi connectivity index (χ2v) is 3.52. The smallest absolute Gasteiger partial charge is 0.337 e. The largest absolute Gasteiger partial charge is 0.512 e. The molecule has 1 N–H and O–H groups in total. The van der Waals surface area contributed by atoms with E-state index in [1.165, 1.54) is 7.11 Å². The molecule has 74 valence electrons. The maximum atomic E-state index is 11.4. The molecule has 2 atom stereocenters. The van der Waals surface area contributed by atoms with Gasteiger partial charge in [0, 0.05) is 12.3 Å². The second kappa shape index (κ2) is 3.33. The average Bonchev–Trinajstić information content (AvgIpc) is 2.53. The highest BCUT2D eigenvalue weighted by Gasteiger charge is 2.37. The van der Waals surface area contributed by atoms with E-state index >= 15 is 0 Å². The molecule has 2 aliphatic carbocycles. The van der Waals surface area contributed by atoms with E-state index in [2.05, 4.69) is 4.74 Å². The normalized spacial score (nSPS) is 29.2. The standard InChI is InChI=1S/C11H12O3/c1-14-11(13)10-8-5-3-2-4-7(8)6-9(10)12/h2-5,7-8,12H,6H2,1H3/t7-,8-/m0/s1. The van der Waals surface area contributed by atoms with Gasteiger partial charge in [-0.05, 0) is 5.92 Å². The lowest BCUT2D eigenvalue weighted by Crippen LogP contribution is -2.15. The molecule has 0 amide bonds. The predicted octanol–water partition coefficient (Wildman–Crippen LogP) is 1.73. The summed E-state index contributed by atoms with van der Waals surface area (Å²) >= 11 is 0. The summed E-state index contributed by atoms with van der Waals surface area (Å²) < 4.78 is 4.64. The molecule has 0 saturated heterocycles. The third-order valence-electron chi connectivity index (χ3n) is 2.73. The van der Waals surface area contributed by atoms with Gasteiger partial charge in [0.25, 0.3) is 0 Å². The van der Waals surface area contributed by atoms with Crippen LogP contribution in [-0.2, 0) is 9.53 Å². The summed E-state index contributed by atoms with van der Waals surface area (Å²) in [5.41, 5.74) is 0.415. The van der Waals surface area contributed by atoms with E-state index in [9.17, 15) is 9.90 Å². The molecule has 0 spiro atoms. The minimum Gasteiger partial charge on any atom is -0.512 e. The van der Waals surface area contributed by atoms with Gasteiger partial charge in [0.05, 0.1) is 12.7 Å². The van der Waals surface area contributed by atoms with Gasteiger partial charge in [0.2, 0.25) is 0 Å². The third kappa shape index (κ3) is 1.25. The molecule has 0 aromatic carbocycles. The molecule has 0 fully saturated rings. The topological polar surface area (TPSA) is 46.5 Å². The first kappa shape index (κ1) is 9.06. The van der Waals surface area contributed by atoms with Crippen LogP contribution in [0.1, 0.15) is 6.42 Å². The molecule has 2 rings (SSSR count). The zero-order chi connectivity index (χ0) is 10.1. The van der Waals surface area contributed by atoms with E-state index in [1.54, 1.807) is 0 Å². The Kier molecular flexibility index (Phi) is 2.15. The fourth-order valence-corrected chi connectivity index (χ4v) is 2.05. The average molecular weight is 192 g/mol. The van der Waals surface area contributed by atoms with E-state index < -0.39 is 5.97 Å². The van der Waals surface area contributed by atoms with E-state index in [-0.39, 0.29) is 17.6 Å². The van der Waals surface area contributed by atoms with Crippen molar-refractivity contribution in [3.63, 3.8) is 0 Å². The van der Waals surface area contributed by atoms with Gasteiger partial charge in [0.15, 0.2) is 0 Å². The number of hydrogen-bond acceptors (Lipinski definition) is 3. The number of hydrogen-bond donors (Lipinski definition) is 1. The van der Waals surface area contributed by atoms with Crippen molar-refractivity contribution in [3.8, 4) is 0 Å². The summed E-state index contributed by atoms with van der Waals surface area (Å²) in [7, 11) is 1.33. The molecule has 14 heavy (non-hydrogen) atoms. The molecular weight excluding hydrogens is 180 g/mol. The van der Waals surface area contributed by atoms with E-state index in [4.69, 9.17) is 0 Å². The maximum Gasteiger partial charge on any atom is 0.337 e. The van der Waals surface area contributed by atoms with Crippen molar-refractivity contribution >= 4 is 5.97 Å². The fraction of sp³-hybridized carbons (Fsp3) is 0.364. The first-order chi connectivity index (χ1) is 6.74. The quantitative estimate of drug-likeness (QED) is 0.643. The van der Waals surface area contributed by atoms with Crippen LogP contribution in [0.3, 0.4) is 0 Å².